The Labute approximate surface area is 101 Å². The molecule has 1 amide bonds. The van der Waals surface area contributed by atoms with Crippen molar-refractivity contribution in [3.63, 3.8) is 0 Å². The highest BCUT2D eigenvalue weighted by Gasteiger charge is 2.30. The van der Waals surface area contributed by atoms with Crippen LogP contribution >= 0.6 is 0 Å². The minimum absolute atomic E-state index is 0.160. The summed E-state index contributed by atoms with van der Waals surface area (Å²) in [7, 11) is 0. The second-order valence-corrected chi connectivity index (χ2v) is 4.84. The molecule has 1 aliphatic carbocycles. The summed E-state index contributed by atoms with van der Waals surface area (Å²) in [5, 5.41) is 9.82. The highest BCUT2D eigenvalue weighted by atomic mass is 16.2. The average molecular weight is 236 g/mol. The van der Waals surface area contributed by atoms with Gasteiger partial charge in [-0.05, 0) is 26.2 Å². The zero-order valence-corrected chi connectivity index (χ0v) is 10.4. The number of nitrogens with one attached hydrogen (secondary N) is 2. The van der Waals surface area contributed by atoms with Crippen LogP contribution in [-0.4, -0.2) is 22.1 Å². The summed E-state index contributed by atoms with van der Waals surface area (Å²) in [6, 6.07) is 0.160. The fourth-order valence-electron chi connectivity index (χ4n) is 2.02. The summed E-state index contributed by atoms with van der Waals surface area (Å²) in [4.78, 5) is 11.9. The Hall–Kier alpha value is -1.52. The predicted molar refractivity (Wildman–Crippen MR) is 66.8 cm³/mol. The first-order chi connectivity index (χ1) is 8.13. The maximum absolute atomic E-state index is 11.9. The van der Waals surface area contributed by atoms with Gasteiger partial charge in [0, 0.05) is 12.0 Å². The van der Waals surface area contributed by atoms with Crippen molar-refractivity contribution >= 4 is 11.6 Å². The number of hydrogen-bond donors (Lipinski definition) is 3. The van der Waals surface area contributed by atoms with Gasteiger partial charge in [0.05, 0.1) is 11.4 Å². The molecule has 94 valence electrons. The van der Waals surface area contributed by atoms with Crippen molar-refractivity contribution in [3.8, 4) is 0 Å². The van der Waals surface area contributed by atoms with Crippen molar-refractivity contribution < 1.29 is 4.79 Å². The van der Waals surface area contributed by atoms with Crippen molar-refractivity contribution in [2.45, 2.75) is 51.5 Å². The first-order valence-corrected chi connectivity index (χ1v) is 6.28. The fourth-order valence-corrected chi connectivity index (χ4v) is 2.02. The van der Waals surface area contributed by atoms with Gasteiger partial charge in [-0.3, -0.25) is 9.89 Å². The van der Waals surface area contributed by atoms with Crippen LogP contribution in [0.3, 0.4) is 0 Å². The number of aromatic amines is 1. The van der Waals surface area contributed by atoms with E-state index in [0.717, 1.165) is 31.4 Å². The van der Waals surface area contributed by atoms with E-state index in [0.29, 0.717) is 17.3 Å². The van der Waals surface area contributed by atoms with Crippen LogP contribution in [0.15, 0.2) is 0 Å². The van der Waals surface area contributed by atoms with Crippen LogP contribution in [0.5, 0.6) is 0 Å². The normalized spacial score (nSPS) is 16.8. The molecule has 1 heterocycles. The molecule has 0 saturated heterocycles. The summed E-state index contributed by atoms with van der Waals surface area (Å²) in [6.45, 7) is 4.09. The number of carbonyl (C=O) groups is 1. The molecular weight excluding hydrogens is 216 g/mol. The van der Waals surface area contributed by atoms with Crippen LogP contribution < -0.4 is 11.1 Å². The van der Waals surface area contributed by atoms with Crippen LogP contribution in [0.2, 0.25) is 0 Å². The SMILES string of the molecule is CCCC(C)NC(=O)c1n[nH]c(C2CC2)c1N. The average Bonchev–Trinajstić information content (AvgIpc) is 3.02. The quantitative estimate of drug-likeness (QED) is 0.728. The van der Waals surface area contributed by atoms with Gasteiger partial charge in [0.1, 0.15) is 0 Å². The smallest absolute Gasteiger partial charge is 0.274 e. The Bertz CT molecular complexity index is 409. The van der Waals surface area contributed by atoms with E-state index < -0.39 is 0 Å². The topological polar surface area (TPSA) is 83.8 Å². The molecule has 5 heteroatoms. The summed E-state index contributed by atoms with van der Waals surface area (Å²) in [5.74, 6) is 0.309. The fraction of sp³-hybridized carbons (Fsp3) is 0.667. The van der Waals surface area contributed by atoms with E-state index in [2.05, 4.69) is 22.4 Å². The predicted octanol–water partition coefficient (Wildman–Crippen LogP) is 1.79. The van der Waals surface area contributed by atoms with E-state index in [9.17, 15) is 4.79 Å². The molecule has 0 spiro atoms. The molecule has 1 aliphatic rings. The largest absolute Gasteiger partial charge is 0.395 e. The minimum Gasteiger partial charge on any atom is -0.395 e. The summed E-state index contributed by atoms with van der Waals surface area (Å²) < 4.78 is 0. The third-order valence-corrected chi connectivity index (χ3v) is 3.13. The van der Waals surface area contributed by atoms with Crippen molar-refractivity contribution in [2.24, 2.45) is 0 Å². The maximum Gasteiger partial charge on any atom is 0.274 e. The number of aromatic nitrogens is 2. The highest BCUT2D eigenvalue weighted by Crippen LogP contribution is 2.42. The van der Waals surface area contributed by atoms with E-state index in [1.165, 1.54) is 0 Å². The molecule has 17 heavy (non-hydrogen) atoms. The molecule has 1 unspecified atom stereocenters. The molecule has 1 aromatic heterocycles. The van der Waals surface area contributed by atoms with Gasteiger partial charge in [-0.25, -0.2) is 0 Å². The Morgan fingerprint density at radius 3 is 2.94 bits per heavy atom. The molecule has 1 fully saturated rings. The molecule has 1 atom stereocenters. The molecular formula is C12H20N4O. The van der Waals surface area contributed by atoms with Crippen LogP contribution in [0.4, 0.5) is 5.69 Å². The Morgan fingerprint density at radius 1 is 1.65 bits per heavy atom. The van der Waals surface area contributed by atoms with Crippen LogP contribution in [0, 0.1) is 0 Å². The lowest BCUT2D eigenvalue weighted by molar-refractivity contribution is 0.0934. The van der Waals surface area contributed by atoms with Crippen LogP contribution in [0.1, 0.15) is 61.6 Å². The number of amides is 1. The van der Waals surface area contributed by atoms with Crippen molar-refractivity contribution in [3.05, 3.63) is 11.4 Å². The van der Waals surface area contributed by atoms with Crippen molar-refractivity contribution in [1.29, 1.82) is 0 Å². The molecule has 0 bridgehead atoms. The van der Waals surface area contributed by atoms with E-state index in [1.54, 1.807) is 0 Å². The minimum atomic E-state index is -0.174. The summed E-state index contributed by atoms with van der Waals surface area (Å²) >= 11 is 0. The molecule has 1 aromatic rings. The first-order valence-electron chi connectivity index (χ1n) is 6.28. The van der Waals surface area contributed by atoms with E-state index in [1.807, 2.05) is 6.92 Å². The van der Waals surface area contributed by atoms with Gasteiger partial charge in [-0.2, -0.15) is 5.10 Å². The van der Waals surface area contributed by atoms with Gasteiger partial charge in [-0.1, -0.05) is 13.3 Å². The van der Waals surface area contributed by atoms with Crippen molar-refractivity contribution in [2.75, 3.05) is 5.73 Å². The number of nitrogens with zero attached hydrogens (tertiary/aromatic N) is 1. The van der Waals surface area contributed by atoms with Crippen LogP contribution in [-0.2, 0) is 0 Å². The van der Waals surface area contributed by atoms with Gasteiger partial charge in [-0.15, -0.1) is 0 Å². The second kappa shape index (κ2) is 4.77. The Balaban J connectivity index is 2.03. The Morgan fingerprint density at radius 2 is 2.35 bits per heavy atom. The van der Waals surface area contributed by atoms with Gasteiger partial charge in [0.25, 0.3) is 5.91 Å². The molecule has 1 saturated carbocycles. The van der Waals surface area contributed by atoms with Gasteiger partial charge >= 0.3 is 0 Å². The number of rotatable bonds is 5. The highest BCUT2D eigenvalue weighted by molar-refractivity contribution is 5.97. The Kier molecular flexibility index (Phi) is 3.36. The lowest BCUT2D eigenvalue weighted by Gasteiger charge is -2.11. The molecule has 0 aromatic carbocycles. The molecule has 5 nitrogen and oxygen atoms in total. The van der Waals surface area contributed by atoms with Crippen LogP contribution in [0.25, 0.3) is 0 Å². The number of carbonyl (C=O) groups excluding carboxylic acids is 1. The standard InChI is InChI=1S/C12H20N4O/c1-3-4-7(2)14-12(17)11-9(13)10(15-16-11)8-5-6-8/h7-8H,3-6,13H2,1-2H3,(H,14,17)(H,15,16). The van der Waals surface area contributed by atoms with Gasteiger partial charge in [0.15, 0.2) is 5.69 Å². The second-order valence-electron chi connectivity index (χ2n) is 4.84. The molecule has 0 radical (unpaired) electrons. The van der Waals surface area contributed by atoms with Crippen molar-refractivity contribution in [1.82, 2.24) is 15.5 Å². The number of hydrogen-bond acceptors (Lipinski definition) is 3. The summed E-state index contributed by atoms with van der Waals surface area (Å²) in [5.41, 5.74) is 7.73. The van der Waals surface area contributed by atoms with E-state index in [4.69, 9.17) is 5.73 Å². The number of anilines is 1. The third-order valence-electron chi connectivity index (χ3n) is 3.13. The van der Waals surface area contributed by atoms with Gasteiger partial charge in [0.2, 0.25) is 0 Å². The lowest BCUT2D eigenvalue weighted by atomic mass is 10.2. The third kappa shape index (κ3) is 2.60. The number of nitrogens with two attached hydrogens (primary N) is 1. The van der Waals surface area contributed by atoms with E-state index in [-0.39, 0.29) is 11.9 Å². The number of nitrogen functional groups attached to an aromatic ring is 1. The van der Waals surface area contributed by atoms with E-state index >= 15 is 0 Å². The zero-order valence-electron chi connectivity index (χ0n) is 10.4. The molecule has 2 rings (SSSR count). The molecule has 4 N–H and O–H groups in total. The molecule has 0 aliphatic heterocycles. The zero-order chi connectivity index (χ0) is 12.4. The summed E-state index contributed by atoms with van der Waals surface area (Å²) in [6.07, 6.45) is 4.29. The maximum atomic E-state index is 11.9. The van der Waals surface area contributed by atoms with Gasteiger partial charge < -0.3 is 11.1 Å². The first kappa shape index (κ1) is 12.0. The lowest BCUT2D eigenvalue weighted by Crippen LogP contribution is -2.33. The number of H-pyrrole nitrogens is 1. The monoisotopic (exact) mass is 236 g/mol.